The molecule has 0 aliphatic rings. The summed E-state index contributed by atoms with van der Waals surface area (Å²) in [6, 6.07) is 6.56. The van der Waals surface area contributed by atoms with Crippen LogP contribution in [0.25, 0.3) is 0 Å². The van der Waals surface area contributed by atoms with E-state index in [-0.39, 0.29) is 6.54 Å². The zero-order valence-corrected chi connectivity index (χ0v) is 11.7. The van der Waals surface area contributed by atoms with E-state index in [4.69, 9.17) is 9.84 Å². The van der Waals surface area contributed by atoms with Crippen LogP contribution >= 0.6 is 0 Å². The SMILES string of the molecule is O=C(O)COc1ccc(CCNC(=O)CCC(F)(F)F)cc1. The van der Waals surface area contributed by atoms with Gasteiger partial charge in [-0.1, -0.05) is 12.1 Å². The number of halogens is 3. The maximum Gasteiger partial charge on any atom is 0.389 e. The molecule has 1 rings (SSSR count). The molecule has 0 aliphatic heterocycles. The summed E-state index contributed by atoms with van der Waals surface area (Å²) in [5, 5.41) is 10.9. The van der Waals surface area contributed by atoms with Crippen molar-refractivity contribution in [1.29, 1.82) is 0 Å². The van der Waals surface area contributed by atoms with E-state index in [2.05, 4.69) is 5.32 Å². The number of benzene rings is 1. The maximum atomic E-state index is 11.9. The highest BCUT2D eigenvalue weighted by Gasteiger charge is 2.27. The Kier molecular flexibility index (Phi) is 6.68. The summed E-state index contributed by atoms with van der Waals surface area (Å²) in [5.41, 5.74) is 0.846. The largest absolute Gasteiger partial charge is 0.482 e. The Morgan fingerprint density at radius 1 is 1.18 bits per heavy atom. The Bertz CT molecular complexity index is 500. The van der Waals surface area contributed by atoms with Crippen molar-refractivity contribution in [3.8, 4) is 5.75 Å². The molecule has 0 saturated heterocycles. The van der Waals surface area contributed by atoms with Gasteiger partial charge in [0.2, 0.25) is 5.91 Å². The molecule has 0 unspecified atom stereocenters. The number of ether oxygens (including phenoxy) is 1. The van der Waals surface area contributed by atoms with Gasteiger partial charge in [-0.2, -0.15) is 13.2 Å². The molecule has 5 nitrogen and oxygen atoms in total. The average molecular weight is 319 g/mol. The highest BCUT2D eigenvalue weighted by Crippen LogP contribution is 2.21. The van der Waals surface area contributed by atoms with Gasteiger partial charge in [-0.3, -0.25) is 4.79 Å². The monoisotopic (exact) mass is 319 g/mol. The molecule has 22 heavy (non-hydrogen) atoms. The van der Waals surface area contributed by atoms with Gasteiger partial charge in [-0.25, -0.2) is 4.79 Å². The second-order valence-corrected chi connectivity index (χ2v) is 4.54. The lowest BCUT2D eigenvalue weighted by Gasteiger charge is -2.08. The zero-order chi connectivity index (χ0) is 16.6. The third kappa shape index (κ3) is 8.13. The summed E-state index contributed by atoms with van der Waals surface area (Å²) in [4.78, 5) is 21.5. The first-order valence-corrected chi connectivity index (χ1v) is 6.53. The van der Waals surface area contributed by atoms with E-state index in [0.717, 1.165) is 5.56 Å². The molecule has 8 heteroatoms. The van der Waals surface area contributed by atoms with Crippen molar-refractivity contribution in [2.75, 3.05) is 13.2 Å². The molecule has 0 aliphatic carbocycles. The number of carbonyl (C=O) groups is 2. The normalized spacial score (nSPS) is 11.0. The molecule has 0 radical (unpaired) electrons. The van der Waals surface area contributed by atoms with Crippen LogP contribution in [0, 0.1) is 0 Å². The number of carboxylic acid groups (broad SMARTS) is 1. The predicted molar refractivity (Wildman–Crippen MR) is 71.6 cm³/mol. The van der Waals surface area contributed by atoms with E-state index in [1.54, 1.807) is 24.3 Å². The fourth-order valence-corrected chi connectivity index (χ4v) is 1.59. The average Bonchev–Trinajstić information content (AvgIpc) is 2.43. The lowest BCUT2D eigenvalue weighted by Crippen LogP contribution is -2.26. The number of hydrogen-bond donors (Lipinski definition) is 2. The van der Waals surface area contributed by atoms with Crippen LogP contribution in [-0.2, 0) is 16.0 Å². The van der Waals surface area contributed by atoms with E-state index in [9.17, 15) is 22.8 Å². The second kappa shape index (κ2) is 8.26. The van der Waals surface area contributed by atoms with E-state index >= 15 is 0 Å². The van der Waals surface area contributed by atoms with E-state index in [0.29, 0.717) is 12.2 Å². The predicted octanol–water partition coefficient (Wildman–Crippen LogP) is 2.15. The van der Waals surface area contributed by atoms with E-state index in [1.807, 2.05) is 0 Å². The van der Waals surface area contributed by atoms with Gasteiger partial charge in [0.15, 0.2) is 6.61 Å². The van der Waals surface area contributed by atoms with Crippen LogP contribution in [0.2, 0.25) is 0 Å². The van der Waals surface area contributed by atoms with Crippen LogP contribution in [-0.4, -0.2) is 36.3 Å². The smallest absolute Gasteiger partial charge is 0.389 e. The Labute approximate surface area is 125 Å². The molecule has 0 saturated carbocycles. The van der Waals surface area contributed by atoms with Gasteiger partial charge in [0, 0.05) is 13.0 Å². The van der Waals surface area contributed by atoms with E-state index < -0.39 is 37.5 Å². The molecule has 1 aromatic rings. The van der Waals surface area contributed by atoms with Crippen LogP contribution < -0.4 is 10.1 Å². The van der Waals surface area contributed by atoms with Crippen molar-refractivity contribution in [3.63, 3.8) is 0 Å². The van der Waals surface area contributed by atoms with Crippen molar-refractivity contribution in [3.05, 3.63) is 29.8 Å². The van der Waals surface area contributed by atoms with Crippen molar-refractivity contribution in [1.82, 2.24) is 5.32 Å². The number of nitrogens with one attached hydrogen (secondary N) is 1. The Morgan fingerprint density at radius 2 is 1.82 bits per heavy atom. The first-order chi connectivity index (χ1) is 10.3. The highest BCUT2D eigenvalue weighted by atomic mass is 19.4. The molecule has 0 spiro atoms. The fraction of sp³-hybridized carbons (Fsp3) is 0.429. The summed E-state index contributed by atoms with van der Waals surface area (Å²) in [7, 11) is 0. The van der Waals surface area contributed by atoms with Crippen molar-refractivity contribution in [2.24, 2.45) is 0 Å². The lowest BCUT2D eigenvalue weighted by atomic mass is 10.1. The number of carboxylic acids is 1. The summed E-state index contributed by atoms with van der Waals surface area (Å²) in [5.74, 6) is -1.32. The minimum absolute atomic E-state index is 0.228. The van der Waals surface area contributed by atoms with Gasteiger partial charge < -0.3 is 15.2 Å². The molecular weight excluding hydrogens is 303 g/mol. The van der Waals surface area contributed by atoms with Crippen LogP contribution in [0.3, 0.4) is 0 Å². The standard InChI is InChI=1S/C14H16F3NO4/c15-14(16,17)7-5-12(19)18-8-6-10-1-3-11(4-2-10)22-9-13(20)21/h1-4H,5-9H2,(H,18,19)(H,20,21). The van der Waals surface area contributed by atoms with Gasteiger partial charge in [0.25, 0.3) is 0 Å². The molecule has 0 heterocycles. The summed E-state index contributed by atoms with van der Waals surface area (Å²) < 4.78 is 40.7. The first kappa shape index (κ1) is 17.8. The number of alkyl halides is 3. The molecule has 0 fully saturated rings. The molecule has 1 amide bonds. The Balaban J connectivity index is 2.27. The maximum absolute atomic E-state index is 11.9. The quantitative estimate of drug-likeness (QED) is 0.770. The van der Waals surface area contributed by atoms with Gasteiger partial charge >= 0.3 is 12.1 Å². The highest BCUT2D eigenvalue weighted by molar-refractivity contribution is 5.75. The molecule has 0 aromatic heterocycles. The number of aliphatic carboxylic acids is 1. The third-order valence-corrected chi connectivity index (χ3v) is 2.66. The van der Waals surface area contributed by atoms with Gasteiger partial charge in [0.1, 0.15) is 5.75 Å². The van der Waals surface area contributed by atoms with Crippen LogP contribution in [0.1, 0.15) is 18.4 Å². The van der Waals surface area contributed by atoms with Crippen molar-refractivity contribution < 1.29 is 32.6 Å². The minimum atomic E-state index is -4.33. The topological polar surface area (TPSA) is 75.6 Å². The van der Waals surface area contributed by atoms with Gasteiger partial charge in [0.05, 0.1) is 6.42 Å². The number of hydrogen-bond acceptors (Lipinski definition) is 3. The molecule has 2 N–H and O–H groups in total. The van der Waals surface area contributed by atoms with Crippen LogP contribution in [0.5, 0.6) is 5.75 Å². The van der Waals surface area contributed by atoms with Gasteiger partial charge in [-0.05, 0) is 24.1 Å². The zero-order valence-electron chi connectivity index (χ0n) is 11.7. The van der Waals surface area contributed by atoms with Crippen LogP contribution in [0.4, 0.5) is 13.2 Å². The third-order valence-electron chi connectivity index (χ3n) is 2.66. The molecular formula is C14H16F3NO4. The Morgan fingerprint density at radius 3 is 2.36 bits per heavy atom. The number of rotatable bonds is 8. The fourth-order valence-electron chi connectivity index (χ4n) is 1.59. The van der Waals surface area contributed by atoms with Crippen molar-refractivity contribution >= 4 is 11.9 Å². The summed E-state index contributed by atoms with van der Waals surface area (Å²) in [6.07, 6.45) is -5.58. The molecule has 1 aromatic carbocycles. The molecule has 122 valence electrons. The molecule has 0 atom stereocenters. The van der Waals surface area contributed by atoms with Gasteiger partial charge in [-0.15, -0.1) is 0 Å². The number of carbonyl (C=O) groups excluding carboxylic acids is 1. The number of amides is 1. The second-order valence-electron chi connectivity index (χ2n) is 4.54. The summed E-state index contributed by atoms with van der Waals surface area (Å²) in [6.45, 7) is -0.208. The Hall–Kier alpha value is -2.25. The van der Waals surface area contributed by atoms with Crippen LogP contribution in [0.15, 0.2) is 24.3 Å². The van der Waals surface area contributed by atoms with E-state index in [1.165, 1.54) is 0 Å². The summed E-state index contributed by atoms with van der Waals surface area (Å²) >= 11 is 0. The molecule has 0 bridgehead atoms. The first-order valence-electron chi connectivity index (χ1n) is 6.53. The van der Waals surface area contributed by atoms with Crippen molar-refractivity contribution in [2.45, 2.75) is 25.4 Å². The lowest BCUT2D eigenvalue weighted by molar-refractivity contribution is -0.144. The minimum Gasteiger partial charge on any atom is -0.482 e.